The standard InChI is InChI=1S/C31H22N4/c1-21-28(27-15-9-8-14-26(27)20-32-21)22-16-18-25(19-17-22)31-34-29(23-10-4-2-5-11-23)33-30(35-31)24-12-6-3-7-13-24/h2-20H,1H3. The van der Waals surface area contributed by atoms with E-state index in [0.29, 0.717) is 17.5 Å². The van der Waals surface area contributed by atoms with Crippen LogP contribution in [0.3, 0.4) is 0 Å². The lowest BCUT2D eigenvalue weighted by Gasteiger charge is -2.11. The van der Waals surface area contributed by atoms with E-state index in [-0.39, 0.29) is 0 Å². The first-order valence-corrected chi connectivity index (χ1v) is 11.6. The maximum Gasteiger partial charge on any atom is 0.164 e. The van der Waals surface area contributed by atoms with Crippen molar-refractivity contribution in [3.8, 4) is 45.3 Å². The fraction of sp³-hybridized carbons (Fsp3) is 0.0323. The number of pyridine rings is 1. The summed E-state index contributed by atoms with van der Waals surface area (Å²) in [6.45, 7) is 2.06. The highest BCUT2D eigenvalue weighted by atomic mass is 15.0. The van der Waals surface area contributed by atoms with Crippen LogP contribution in [-0.2, 0) is 0 Å². The second-order valence-electron chi connectivity index (χ2n) is 8.42. The number of hydrogen-bond donors (Lipinski definition) is 0. The molecule has 0 radical (unpaired) electrons. The van der Waals surface area contributed by atoms with E-state index in [1.165, 1.54) is 5.39 Å². The Balaban J connectivity index is 1.47. The Bertz CT molecular complexity index is 1570. The molecule has 0 bridgehead atoms. The monoisotopic (exact) mass is 450 g/mol. The van der Waals surface area contributed by atoms with Gasteiger partial charge in [0, 0.05) is 39.5 Å². The highest BCUT2D eigenvalue weighted by Crippen LogP contribution is 2.32. The number of benzene rings is 4. The smallest absolute Gasteiger partial charge is 0.164 e. The summed E-state index contributed by atoms with van der Waals surface area (Å²) >= 11 is 0. The van der Waals surface area contributed by atoms with Gasteiger partial charge in [-0.25, -0.2) is 15.0 Å². The molecular formula is C31H22N4. The summed E-state index contributed by atoms with van der Waals surface area (Å²) in [7, 11) is 0. The minimum atomic E-state index is 0.650. The summed E-state index contributed by atoms with van der Waals surface area (Å²) in [6, 6.07) is 36.8. The van der Waals surface area contributed by atoms with Gasteiger partial charge in [0.05, 0.1) is 0 Å². The van der Waals surface area contributed by atoms with Crippen molar-refractivity contribution in [1.29, 1.82) is 0 Å². The summed E-state index contributed by atoms with van der Waals surface area (Å²) < 4.78 is 0. The summed E-state index contributed by atoms with van der Waals surface area (Å²) in [4.78, 5) is 19.1. The first kappa shape index (κ1) is 20.9. The molecule has 0 aliphatic rings. The molecule has 166 valence electrons. The number of nitrogens with zero attached hydrogens (tertiary/aromatic N) is 4. The normalized spacial score (nSPS) is 11.0. The van der Waals surface area contributed by atoms with Crippen molar-refractivity contribution in [2.75, 3.05) is 0 Å². The van der Waals surface area contributed by atoms with E-state index in [1.54, 1.807) is 0 Å². The zero-order valence-corrected chi connectivity index (χ0v) is 19.3. The Labute approximate surface area is 204 Å². The van der Waals surface area contributed by atoms with E-state index in [9.17, 15) is 0 Å². The van der Waals surface area contributed by atoms with Crippen molar-refractivity contribution in [2.24, 2.45) is 0 Å². The van der Waals surface area contributed by atoms with Gasteiger partial charge in [0.1, 0.15) is 0 Å². The molecule has 6 aromatic rings. The number of rotatable bonds is 4. The Morgan fingerprint density at radius 2 is 0.914 bits per heavy atom. The molecule has 0 aliphatic heterocycles. The van der Waals surface area contributed by atoms with Gasteiger partial charge in [-0.1, -0.05) is 109 Å². The van der Waals surface area contributed by atoms with Gasteiger partial charge >= 0.3 is 0 Å². The SMILES string of the molecule is Cc1ncc2ccccc2c1-c1ccc(-c2nc(-c3ccccc3)nc(-c3ccccc3)n2)cc1. The van der Waals surface area contributed by atoms with Crippen LogP contribution in [0.15, 0.2) is 115 Å². The van der Waals surface area contributed by atoms with Crippen molar-refractivity contribution in [1.82, 2.24) is 19.9 Å². The van der Waals surface area contributed by atoms with Crippen LogP contribution in [0.1, 0.15) is 5.69 Å². The maximum absolute atomic E-state index is 4.83. The molecule has 4 aromatic carbocycles. The zero-order chi connectivity index (χ0) is 23.6. The fourth-order valence-electron chi connectivity index (χ4n) is 4.35. The van der Waals surface area contributed by atoms with Crippen molar-refractivity contribution >= 4 is 10.8 Å². The molecule has 2 heterocycles. The van der Waals surface area contributed by atoms with Crippen molar-refractivity contribution in [3.05, 3.63) is 121 Å². The van der Waals surface area contributed by atoms with Crippen LogP contribution in [0.2, 0.25) is 0 Å². The van der Waals surface area contributed by atoms with Gasteiger partial charge in [0.25, 0.3) is 0 Å². The summed E-state index contributed by atoms with van der Waals surface area (Å²) in [6.07, 6.45) is 1.93. The highest BCUT2D eigenvalue weighted by Gasteiger charge is 2.13. The Morgan fingerprint density at radius 1 is 0.457 bits per heavy atom. The number of hydrogen-bond acceptors (Lipinski definition) is 4. The van der Waals surface area contributed by atoms with Crippen molar-refractivity contribution in [3.63, 3.8) is 0 Å². The van der Waals surface area contributed by atoms with Crippen LogP contribution >= 0.6 is 0 Å². The van der Waals surface area contributed by atoms with Crippen LogP contribution in [0.5, 0.6) is 0 Å². The second-order valence-corrected chi connectivity index (χ2v) is 8.42. The van der Waals surface area contributed by atoms with E-state index >= 15 is 0 Å². The molecule has 0 spiro atoms. The predicted octanol–water partition coefficient (Wildman–Crippen LogP) is 7.40. The van der Waals surface area contributed by atoms with Crippen LogP contribution in [0.4, 0.5) is 0 Å². The molecule has 0 atom stereocenters. The van der Waals surface area contributed by atoms with Gasteiger partial charge in [-0.15, -0.1) is 0 Å². The first-order chi connectivity index (χ1) is 17.3. The Morgan fingerprint density at radius 3 is 1.49 bits per heavy atom. The van der Waals surface area contributed by atoms with Gasteiger partial charge in [0.2, 0.25) is 0 Å². The third-order valence-electron chi connectivity index (χ3n) is 6.12. The fourth-order valence-corrected chi connectivity index (χ4v) is 4.35. The lowest BCUT2D eigenvalue weighted by atomic mass is 9.97. The van der Waals surface area contributed by atoms with Crippen LogP contribution < -0.4 is 0 Å². The average molecular weight is 451 g/mol. The number of aromatic nitrogens is 4. The van der Waals surface area contributed by atoms with Gasteiger partial charge in [0.15, 0.2) is 17.5 Å². The molecule has 0 fully saturated rings. The highest BCUT2D eigenvalue weighted by molar-refractivity contribution is 5.97. The minimum Gasteiger partial charge on any atom is -0.260 e. The number of aryl methyl sites for hydroxylation is 1. The van der Waals surface area contributed by atoms with Crippen molar-refractivity contribution in [2.45, 2.75) is 6.92 Å². The number of fused-ring (bicyclic) bond motifs is 1. The van der Waals surface area contributed by atoms with Crippen LogP contribution in [0.25, 0.3) is 56.1 Å². The first-order valence-electron chi connectivity index (χ1n) is 11.6. The zero-order valence-electron chi connectivity index (χ0n) is 19.3. The molecule has 4 nitrogen and oxygen atoms in total. The molecule has 0 amide bonds. The molecular weight excluding hydrogens is 428 g/mol. The molecule has 0 unspecified atom stereocenters. The Hall–Kier alpha value is -4.70. The molecule has 0 N–H and O–H groups in total. The maximum atomic E-state index is 4.83. The molecule has 0 aliphatic carbocycles. The summed E-state index contributed by atoms with van der Waals surface area (Å²) in [5.41, 5.74) is 6.15. The summed E-state index contributed by atoms with van der Waals surface area (Å²) in [5, 5.41) is 2.33. The molecule has 4 heteroatoms. The van der Waals surface area contributed by atoms with E-state index in [2.05, 4.69) is 54.4 Å². The molecule has 0 saturated carbocycles. The molecule has 2 aromatic heterocycles. The third kappa shape index (κ3) is 4.06. The third-order valence-corrected chi connectivity index (χ3v) is 6.12. The quantitative estimate of drug-likeness (QED) is 0.281. The molecule has 35 heavy (non-hydrogen) atoms. The second kappa shape index (κ2) is 8.92. The lowest BCUT2D eigenvalue weighted by molar-refractivity contribution is 1.07. The largest absolute Gasteiger partial charge is 0.260 e. The van der Waals surface area contributed by atoms with Crippen molar-refractivity contribution < 1.29 is 0 Å². The average Bonchev–Trinajstić information content (AvgIpc) is 2.94. The predicted molar refractivity (Wildman–Crippen MR) is 142 cm³/mol. The van der Waals surface area contributed by atoms with E-state index in [0.717, 1.165) is 38.9 Å². The van der Waals surface area contributed by atoms with Crippen LogP contribution in [-0.4, -0.2) is 19.9 Å². The lowest BCUT2D eigenvalue weighted by Crippen LogP contribution is -2.00. The molecule has 6 rings (SSSR count). The van der Waals surface area contributed by atoms with E-state index in [1.807, 2.05) is 72.9 Å². The Kier molecular flexibility index (Phi) is 5.32. The minimum absolute atomic E-state index is 0.650. The van der Waals surface area contributed by atoms with Gasteiger partial charge in [-0.2, -0.15) is 0 Å². The van der Waals surface area contributed by atoms with Gasteiger partial charge in [-0.3, -0.25) is 4.98 Å². The van der Waals surface area contributed by atoms with E-state index in [4.69, 9.17) is 15.0 Å². The molecule has 0 saturated heterocycles. The van der Waals surface area contributed by atoms with Gasteiger partial charge in [-0.05, 0) is 17.9 Å². The summed E-state index contributed by atoms with van der Waals surface area (Å²) in [5.74, 6) is 1.97. The topological polar surface area (TPSA) is 51.6 Å². The van der Waals surface area contributed by atoms with E-state index < -0.39 is 0 Å². The van der Waals surface area contributed by atoms with Crippen LogP contribution in [0, 0.1) is 6.92 Å². The van der Waals surface area contributed by atoms with Gasteiger partial charge < -0.3 is 0 Å².